The zero-order valence-corrected chi connectivity index (χ0v) is 10.1. The van der Waals surface area contributed by atoms with Gasteiger partial charge in [0.25, 0.3) is 10.1 Å². The van der Waals surface area contributed by atoms with Gasteiger partial charge in [-0.3, -0.25) is 4.55 Å². The van der Waals surface area contributed by atoms with Crippen LogP contribution in [0, 0.1) is 17.5 Å². The van der Waals surface area contributed by atoms with Crippen LogP contribution in [0.3, 0.4) is 0 Å². The van der Waals surface area contributed by atoms with Crippen molar-refractivity contribution in [2.45, 2.75) is 4.90 Å². The molecule has 0 aliphatic rings. The SMILES string of the molecule is O=S(=O)(O)c1ccccc1-c1c(F)cc(F)cc1F. The van der Waals surface area contributed by atoms with Gasteiger partial charge in [0.2, 0.25) is 0 Å². The van der Waals surface area contributed by atoms with E-state index in [0.717, 1.165) is 12.1 Å². The third-order valence-electron chi connectivity index (χ3n) is 2.44. The van der Waals surface area contributed by atoms with E-state index < -0.39 is 38.0 Å². The molecule has 0 unspecified atom stereocenters. The fourth-order valence-corrected chi connectivity index (χ4v) is 2.40. The van der Waals surface area contributed by atoms with Gasteiger partial charge in [-0.25, -0.2) is 13.2 Å². The average Bonchev–Trinajstić information content (AvgIpc) is 2.26. The van der Waals surface area contributed by atoms with Gasteiger partial charge in [0.15, 0.2) is 0 Å². The Morgan fingerprint density at radius 3 is 2.00 bits per heavy atom. The van der Waals surface area contributed by atoms with Gasteiger partial charge in [-0.15, -0.1) is 0 Å². The highest BCUT2D eigenvalue weighted by atomic mass is 32.2. The minimum Gasteiger partial charge on any atom is -0.282 e. The van der Waals surface area contributed by atoms with E-state index in [1.54, 1.807) is 0 Å². The summed E-state index contributed by atoms with van der Waals surface area (Å²) in [6.07, 6.45) is 0. The molecule has 0 bridgehead atoms. The summed E-state index contributed by atoms with van der Waals surface area (Å²) in [6.45, 7) is 0. The highest BCUT2D eigenvalue weighted by Crippen LogP contribution is 2.31. The molecule has 0 spiro atoms. The van der Waals surface area contributed by atoms with Crippen molar-refractivity contribution in [2.75, 3.05) is 0 Å². The Morgan fingerprint density at radius 2 is 1.47 bits per heavy atom. The van der Waals surface area contributed by atoms with E-state index in [4.69, 9.17) is 4.55 Å². The monoisotopic (exact) mass is 288 g/mol. The molecule has 19 heavy (non-hydrogen) atoms. The molecule has 0 saturated carbocycles. The summed E-state index contributed by atoms with van der Waals surface area (Å²) in [5.74, 6) is -3.63. The van der Waals surface area contributed by atoms with E-state index in [-0.39, 0.29) is 5.56 Å². The molecule has 0 aromatic heterocycles. The largest absolute Gasteiger partial charge is 0.295 e. The third-order valence-corrected chi connectivity index (χ3v) is 3.35. The average molecular weight is 288 g/mol. The van der Waals surface area contributed by atoms with Gasteiger partial charge in [0.1, 0.15) is 22.3 Å². The van der Waals surface area contributed by atoms with Crippen LogP contribution >= 0.6 is 0 Å². The molecule has 2 aromatic rings. The van der Waals surface area contributed by atoms with Crippen LogP contribution in [0.1, 0.15) is 0 Å². The predicted octanol–water partition coefficient (Wildman–Crippen LogP) is 3.02. The second kappa shape index (κ2) is 4.67. The number of halogens is 3. The fourth-order valence-electron chi connectivity index (χ4n) is 1.70. The van der Waals surface area contributed by atoms with Crippen molar-refractivity contribution < 1.29 is 26.1 Å². The lowest BCUT2D eigenvalue weighted by Crippen LogP contribution is -2.03. The van der Waals surface area contributed by atoms with Gasteiger partial charge in [-0.05, 0) is 6.07 Å². The number of benzene rings is 2. The van der Waals surface area contributed by atoms with E-state index in [0.29, 0.717) is 12.1 Å². The van der Waals surface area contributed by atoms with Crippen LogP contribution in [0.2, 0.25) is 0 Å². The highest BCUT2D eigenvalue weighted by Gasteiger charge is 2.21. The molecule has 0 atom stereocenters. The Balaban J connectivity index is 2.81. The highest BCUT2D eigenvalue weighted by molar-refractivity contribution is 7.86. The number of hydrogen-bond acceptors (Lipinski definition) is 2. The summed E-state index contributed by atoms with van der Waals surface area (Å²) in [5, 5.41) is 0. The lowest BCUT2D eigenvalue weighted by atomic mass is 10.0. The smallest absolute Gasteiger partial charge is 0.282 e. The van der Waals surface area contributed by atoms with Crippen molar-refractivity contribution in [2.24, 2.45) is 0 Å². The molecule has 7 heteroatoms. The van der Waals surface area contributed by atoms with Crippen LogP contribution < -0.4 is 0 Å². The molecule has 1 N–H and O–H groups in total. The molecule has 0 aliphatic carbocycles. The van der Waals surface area contributed by atoms with Crippen molar-refractivity contribution >= 4 is 10.1 Å². The molecule has 100 valence electrons. The molecule has 0 radical (unpaired) electrons. The first kappa shape index (κ1) is 13.6. The second-order valence-corrected chi connectivity index (χ2v) is 5.11. The third kappa shape index (κ3) is 2.61. The van der Waals surface area contributed by atoms with Gasteiger partial charge in [0.05, 0.1) is 5.56 Å². The maximum absolute atomic E-state index is 13.6. The Labute approximate surface area is 107 Å². The molecule has 0 aliphatic heterocycles. The maximum atomic E-state index is 13.6. The van der Waals surface area contributed by atoms with Crippen LogP contribution in [0.5, 0.6) is 0 Å². The Morgan fingerprint density at radius 1 is 0.947 bits per heavy atom. The minimum atomic E-state index is -4.65. The maximum Gasteiger partial charge on any atom is 0.295 e. The van der Waals surface area contributed by atoms with Gasteiger partial charge in [-0.2, -0.15) is 8.42 Å². The van der Waals surface area contributed by atoms with Gasteiger partial charge < -0.3 is 0 Å². The quantitative estimate of drug-likeness (QED) is 0.864. The van der Waals surface area contributed by atoms with Gasteiger partial charge in [-0.1, -0.05) is 18.2 Å². The summed E-state index contributed by atoms with van der Waals surface area (Å²) in [4.78, 5) is -0.653. The molecule has 0 heterocycles. The predicted molar refractivity (Wildman–Crippen MR) is 61.6 cm³/mol. The summed E-state index contributed by atoms with van der Waals surface area (Å²) < 4.78 is 71.4. The van der Waals surface area contributed by atoms with E-state index in [1.807, 2.05) is 0 Å². The molecule has 3 nitrogen and oxygen atoms in total. The fraction of sp³-hybridized carbons (Fsp3) is 0. The second-order valence-electron chi connectivity index (χ2n) is 3.72. The first-order valence-electron chi connectivity index (χ1n) is 5.02. The molecular weight excluding hydrogens is 281 g/mol. The molecule has 0 amide bonds. The van der Waals surface area contributed by atoms with Crippen LogP contribution in [0.25, 0.3) is 11.1 Å². The first-order valence-corrected chi connectivity index (χ1v) is 6.46. The standard InChI is InChI=1S/C12H7F3O3S/c13-7-5-9(14)12(10(15)6-7)8-3-1-2-4-11(8)19(16,17)18/h1-6H,(H,16,17,18). The van der Waals surface area contributed by atoms with E-state index in [9.17, 15) is 21.6 Å². The summed E-state index contributed by atoms with van der Waals surface area (Å²) in [7, 11) is -4.65. The van der Waals surface area contributed by atoms with E-state index >= 15 is 0 Å². The molecule has 0 saturated heterocycles. The summed E-state index contributed by atoms with van der Waals surface area (Å²) in [5.41, 5.74) is -1.09. The molecule has 2 rings (SSSR count). The zero-order valence-electron chi connectivity index (χ0n) is 9.27. The van der Waals surface area contributed by atoms with Gasteiger partial charge in [0, 0.05) is 17.7 Å². The van der Waals surface area contributed by atoms with Crippen molar-refractivity contribution in [3.05, 3.63) is 53.8 Å². The molecule has 0 fully saturated rings. The molecular formula is C12H7F3O3S. The summed E-state index contributed by atoms with van der Waals surface area (Å²) >= 11 is 0. The van der Waals surface area contributed by atoms with Gasteiger partial charge >= 0.3 is 0 Å². The Hall–Kier alpha value is -1.86. The van der Waals surface area contributed by atoms with Crippen molar-refractivity contribution in [1.29, 1.82) is 0 Å². The van der Waals surface area contributed by atoms with E-state index in [1.165, 1.54) is 12.1 Å². The zero-order chi connectivity index (χ0) is 14.2. The lowest BCUT2D eigenvalue weighted by molar-refractivity contribution is 0.483. The Bertz CT molecular complexity index is 719. The van der Waals surface area contributed by atoms with Crippen molar-refractivity contribution in [3.8, 4) is 11.1 Å². The Kier molecular flexibility index (Phi) is 3.34. The van der Waals surface area contributed by atoms with Crippen LogP contribution in [0.4, 0.5) is 13.2 Å². The number of rotatable bonds is 2. The topological polar surface area (TPSA) is 54.4 Å². The summed E-state index contributed by atoms with van der Waals surface area (Å²) in [6, 6.07) is 5.59. The van der Waals surface area contributed by atoms with Crippen molar-refractivity contribution in [3.63, 3.8) is 0 Å². The number of hydrogen-bond donors (Lipinski definition) is 1. The van der Waals surface area contributed by atoms with Crippen LogP contribution in [-0.2, 0) is 10.1 Å². The lowest BCUT2D eigenvalue weighted by Gasteiger charge is -2.09. The normalized spacial score (nSPS) is 11.6. The van der Waals surface area contributed by atoms with Crippen LogP contribution in [0.15, 0.2) is 41.3 Å². The minimum absolute atomic E-state index is 0.375. The van der Waals surface area contributed by atoms with E-state index in [2.05, 4.69) is 0 Å². The molecule has 2 aromatic carbocycles. The van der Waals surface area contributed by atoms with Crippen LogP contribution in [-0.4, -0.2) is 13.0 Å². The van der Waals surface area contributed by atoms with Crippen molar-refractivity contribution in [1.82, 2.24) is 0 Å². The first-order chi connectivity index (χ1) is 8.80.